The van der Waals surface area contributed by atoms with Gasteiger partial charge in [0.1, 0.15) is 12.6 Å². The molecule has 0 saturated carbocycles. The maximum absolute atomic E-state index is 15.2. The topological polar surface area (TPSA) is 36.9 Å². The molecule has 0 spiro atoms. The first kappa shape index (κ1) is 23.1. The van der Waals surface area contributed by atoms with Gasteiger partial charge < -0.3 is 18.8 Å². The Kier molecular flexibility index (Phi) is 8.74. The summed E-state index contributed by atoms with van der Waals surface area (Å²) in [7, 11) is -0.671. The first-order chi connectivity index (χ1) is 12.1. The summed E-state index contributed by atoms with van der Waals surface area (Å²) in [5.74, 6) is -0.299. The zero-order valence-corrected chi connectivity index (χ0v) is 17.6. The molecule has 6 heteroatoms. The van der Waals surface area contributed by atoms with E-state index in [4.69, 9.17) is 18.8 Å². The van der Waals surface area contributed by atoms with Gasteiger partial charge in [0.05, 0.1) is 5.60 Å². The highest BCUT2D eigenvalue weighted by molar-refractivity contribution is 6.62. The van der Waals surface area contributed by atoms with Gasteiger partial charge in [0.25, 0.3) is 0 Å². The van der Waals surface area contributed by atoms with Crippen LogP contribution in [-0.2, 0) is 24.4 Å². The van der Waals surface area contributed by atoms with E-state index in [1.165, 1.54) is 0 Å². The molecule has 0 fully saturated rings. The molecule has 0 saturated heterocycles. The molecule has 1 aromatic carbocycles. The van der Waals surface area contributed by atoms with Crippen LogP contribution in [0, 0.1) is 12.7 Å². The van der Waals surface area contributed by atoms with Crippen molar-refractivity contribution in [1.29, 1.82) is 0 Å². The fraction of sp³-hybridized carbons (Fsp3) is 0.700. The Balaban J connectivity index is 3.38. The molecule has 148 valence electrons. The number of benzene rings is 1. The van der Waals surface area contributed by atoms with Gasteiger partial charge in [-0.25, -0.2) is 4.39 Å². The lowest BCUT2D eigenvalue weighted by Gasteiger charge is -2.33. The lowest BCUT2D eigenvalue weighted by Crippen LogP contribution is -2.48. The van der Waals surface area contributed by atoms with Gasteiger partial charge >= 0.3 is 7.12 Å². The number of hydrogen-bond donors (Lipinski definition) is 0. The first-order valence-corrected chi connectivity index (χ1v) is 9.40. The summed E-state index contributed by atoms with van der Waals surface area (Å²) >= 11 is 0. The summed E-state index contributed by atoms with van der Waals surface area (Å²) in [5.41, 5.74) is 0.368. The van der Waals surface area contributed by atoms with Crippen molar-refractivity contribution in [3.05, 3.63) is 29.1 Å². The summed E-state index contributed by atoms with van der Waals surface area (Å²) < 4.78 is 38.3. The van der Waals surface area contributed by atoms with E-state index in [9.17, 15) is 0 Å². The largest absolute Gasteiger partial charge is 0.494 e. The number of halogens is 1. The first-order valence-electron chi connectivity index (χ1n) is 9.40. The molecule has 0 amide bonds. The van der Waals surface area contributed by atoms with Gasteiger partial charge in [0.2, 0.25) is 0 Å². The van der Waals surface area contributed by atoms with E-state index >= 15 is 4.39 Å². The minimum Gasteiger partial charge on any atom is -0.408 e. The third kappa shape index (κ3) is 6.05. The zero-order valence-electron chi connectivity index (χ0n) is 17.6. The van der Waals surface area contributed by atoms with Gasteiger partial charge in [-0.1, -0.05) is 19.1 Å². The molecule has 0 aliphatic heterocycles. The van der Waals surface area contributed by atoms with Crippen molar-refractivity contribution in [2.45, 2.75) is 73.0 Å². The van der Waals surface area contributed by atoms with Crippen LogP contribution in [0.2, 0.25) is 0 Å². The lowest BCUT2D eigenvalue weighted by atomic mass is 9.70. The second kappa shape index (κ2) is 9.84. The molecule has 0 aromatic heterocycles. The second-order valence-corrected chi connectivity index (χ2v) is 7.44. The van der Waals surface area contributed by atoms with E-state index in [0.717, 1.165) is 6.42 Å². The van der Waals surface area contributed by atoms with Crippen molar-refractivity contribution >= 4 is 12.6 Å². The molecule has 0 unspecified atom stereocenters. The van der Waals surface area contributed by atoms with Crippen LogP contribution in [0.1, 0.15) is 66.0 Å². The van der Waals surface area contributed by atoms with Crippen molar-refractivity contribution in [3.63, 3.8) is 0 Å². The molecular formula is C20H34BFO4. The Labute approximate surface area is 158 Å². The van der Waals surface area contributed by atoms with Crippen molar-refractivity contribution in [1.82, 2.24) is 0 Å². The molecule has 0 radical (unpaired) electrons. The van der Waals surface area contributed by atoms with E-state index in [0.29, 0.717) is 29.8 Å². The van der Waals surface area contributed by atoms with Gasteiger partial charge in [-0.05, 0) is 65.9 Å². The highest BCUT2D eigenvalue weighted by Crippen LogP contribution is 2.29. The van der Waals surface area contributed by atoms with Crippen molar-refractivity contribution in [2.24, 2.45) is 0 Å². The van der Waals surface area contributed by atoms with Gasteiger partial charge in [-0.3, -0.25) is 0 Å². The second-order valence-electron chi connectivity index (χ2n) is 7.44. The summed E-state index contributed by atoms with van der Waals surface area (Å²) in [6.07, 6.45) is 0.810. The Morgan fingerprint density at radius 3 is 2.23 bits per heavy atom. The Morgan fingerprint density at radius 1 is 1.04 bits per heavy atom. The van der Waals surface area contributed by atoms with Gasteiger partial charge in [-0.2, -0.15) is 0 Å². The van der Waals surface area contributed by atoms with Crippen LogP contribution in [0.15, 0.2) is 12.1 Å². The minimum absolute atomic E-state index is 0.0942. The number of aryl methyl sites for hydroxylation is 1. The van der Waals surface area contributed by atoms with Crippen LogP contribution in [0.25, 0.3) is 0 Å². The van der Waals surface area contributed by atoms with Gasteiger partial charge in [0.15, 0.2) is 0 Å². The number of hydrogen-bond acceptors (Lipinski definition) is 4. The summed E-state index contributed by atoms with van der Waals surface area (Å²) in [6, 6.07) is 3.62. The van der Waals surface area contributed by atoms with Gasteiger partial charge in [-0.15, -0.1) is 0 Å². The molecule has 4 nitrogen and oxygen atoms in total. The van der Waals surface area contributed by atoms with Crippen molar-refractivity contribution in [2.75, 3.05) is 20.0 Å². The lowest BCUT2D eigenvalue weighted by molar-refractivity contribution is -0.129. The maximum atomic E-state index is 15.2. The fourth-order valence-electron chi connectivity index (χ4n) is 2.56. The molecular weight excluding hydrogens is 334 g/mol. The van der Waals surface area contributed by atoms with E-state index in [1.54, 1.807) is 13.0 Å². The molecule has 1 rings (SSSR count). The highest BCUT2D eigenvalue weighted by Gasteiger charge is 2.37. The average molecular weight is 368 g/mol. The summed E-state index contributed by atoms with van der Waals surface area (Å²) in [5, 5.41) is 0. The van der Waals surface area contributed by atoms with E-state index in [1.807, 2.05) is 47.6 Å². The predicted octanol–water partition coefficient (Wildman–Crippen LogP) is 4.32. The zero-order chi connectivity index (χ0) is 20.0. The van der Waals surface area contributed by atoms with Crippen LogP contribution >= 0.6 is 0 Å². The predicted molar refractivity (Wildman–Crippen MR) is 104 cm³/mol. The SMILES string of the molecule is CCOCOC(C)(C)c1c(B(OCC)OC(C)(C)CC)ccc(C)c1F. The van der Waals surface area contributed by atoms with Gasteiger partial charge in [0, 0.05) is 24.4 Å². The molecule has 0 bridgehead atoms. The van der Waals surface area contributed by atoms with Crippen LogP contribution in [-0.4, -0.2) is 32.7 Å². The molecule has 0 aliphatic rings. The van der Waals surface area contributed by atoms with E-state index < -0.39 is 18.3 Å². The molecule has 1 aromatic rings. The fourth-order valence-corrected chi connectivity index (χ4v) is 2.56. The maximum Gasteiger partial charge on any atom is 0.494 e. The third-order valence-corrected chi connectivity index (χ3v) is 4.53. The van der Waals surface area contributed by atoms with E-state index in [-0.39, 0.29) is 12.6 Å². The number of ether oxygens (including phenoxy) is 2. The minimum atomic E-state index is -0.893. The van der Waals surface area contributed by atoms with Crippen molar-refractivity contribution in [3.8, 4) is 0 Å². The molecule has 0 N–H and O–H groups in total. The third-order valence-electron chi connectivity index (χ3n) is 4.53. The molecule has 26 heavy (non-hydrogen) atoms. The quantitative estimate of drug-likeness (QED) is 0.331. The monoisotopic (exact) mass is 368 g/mol. The smallest absolute Gasteiger partial charge is 0.408 e. The highest BCUT2D eigenvalue weighted by atomic mass is 19.1. The molecule has 0 atom stereocenters. The Morgan fingerprint density at radius 2 is 1.69 bits per heavy atom. The van der Waals surface area contributed by atoms with Crippen LogP contribution in [0.4, 0.5) is 4.39 Å². The molecule has 0 heterocycles. The van der Waals surface area contributed by atoms with Crippen LogP contribution in [0.3, 0.4) is 0 Å². The summed E-state index contributed by atoms with van der Waals surface area (Å²) in [6.45, 7) is 16.3. The van der Waals surface area contributed by atoms with E-state index in [2.05, 4.69) is 6.92 Å². The van der Waals surface area contributed by atoms with Crippen LogP contribution < -0.4 is 5.46 Å². The van der Waals surface area contributed by atoms with Crippen LogP contribution in [0.5, 0.6) is 0 Å². The summed E-state index contributed by atoms with van der Waals surface area (Å²) in [4.78, 5) is 0. The Hall–Kier alpha value is -0.945. The standard InChI is InChI=1S/C20H34BFO4/c1-9-19(5,6)26-21(25-11-3)16-13-12-15(4)18(22)17(16)20(7,8)24-14-23-10-2/h12-13H,9-11,14H2,1-8H3. The molecule has 0 aliphatic carbocycles. The Bertz CT molecular complexity index is 575. The number of rotatable bonds is 11. The normalized spacial score (nSPS) is 12.5. The van der Waals surface area contributed by atoms with Crippen molar-refractivity contribution < 1.29 is 23.2 Å². The average Bonchev–Trinajstić information content (AvgIpc) is 2.56.